The third-order valence-electron chi connectivity index (χ3n) is 3.95. The van der Waals surface area contributed by atoms with E-state index in [1.807, 2.05) is 26.0 Å². The molecule has 2 heterocycles. The molecule has 1 atom stereocenters. The minimum absolute atomic E-state index is 0.272. The van der Waals surface area contributed by atoms with Crippen molar-refractivity contribution < 1.29 is 14.3 Å². The maximum Gasteiger partial charge on any atom is 0.118 e. The maximum atomic E-state index is 9.94. The van der Waals surface area contributed by atoms with Crippen LogP contribution in [0, 0.1) is 6.92 Å². The van der Waals surface area contributed by atoms with Gasteiger partial charge in [0.2, 0.25) is 0 Å². The van der Waals surface area contributed by atoms with Gasteiger partial charge in [0.1, 0.15) is 11.5 Å². The van der Waals surface area contributed by atoms with Crippen molar-refractivity contribution in [2.45, 2.75) is 32.9 Å². The molecule has 0 bridgehead atoms. The molecule has 5 heteroatoms. The highest BCUT2D eigenvalue weighted by molar-refractivity contribution is 5.05. The Morgan fingerprint density at radius 3 is 2.71 bits per heavy atom. The number of rotatable bonds is 8. The fourth-order valence-electron chi connectivity index (χ4n) is 2.56. The molecule has 1 unspecified atom stereocenters. The predicted molar refractivity (Wildman–Crippen MR) is 82.3 cm³/mol. The van der Waals surface area contributed by atoms with Gasteiger partial charge in [-0.05, 0) is 25.5 Å². The van der Waals surface area contributed by atoms with Crippen molar-refractivity contribution in [3.05, 3.63) is 23.7 Å². The van der Waals surface area contributed by atoms with E-state index >= 15 is 0 Å². The summed E-state index contributed by atoms with van der Waals surface area (Å²) in [5.74, 6) is 1.91. The highest BCUT2D eigenvalue weighted by Crippen LogP contribution is 2.11. The summed E-state index contributed by atoms with van der Waals surface area (Å²) in [6.45, 7) is 11.1. The van der Waals surface area contributed by atoms with Crippen LogP contribution in [0.15, 0.2) is 16.5 Å². The maximum absolute atomic E-state index is 9.94. The molecule has 0 aliphatic carbocycles. The minimum atomic E-state index is -0.272. The largest absolute Gasteiger partial charge is 0.465 e. The van der Waals surface area contributed by atoms with E-state index in [1.54, 1.807) is 0 Å². The Bertz CT molecular complexity index is 402. The summed E-state index contributed by atoms with van der Waals surface area (Å²) in [5.41, 5.74) is 0. The van der Waals surface area contributed by atoms with Crippen molar-refractivity contribution >= 4 is 0 Å². The second-order valence-electron chi connectivity index (χ2n) is 5.76. The fourth-order valence-corrected chi connectivity index (χ4v) is 2.56. The van der Waals surface area contributed by atoms with Gasteiger partial charge in [0.05, 0.1) is 25.9 Å². The van der Waals surface area contributed by atoms with Crippen LogP contribution in [0.25, 0.3) is 0 Å². The molecule has 5 nitrogen and oxygen atoms in total. The standard InChI is InChI=1S/C16H28N2O3/c1-3-15(19)12-18(13-16-5-4-14(2)21-16)7-6-17-8-10-20-11-9-17/h4-5,15,19H,3,6-13H2,1-2H3. The molecular formula is C16H28N2O3. The van der Waals surface area contributed by atoms with Crippen LogP contribution in [-0.4, -0.2) is 66.9 Å². The average Bonchev–Trinajstić information content (AvgIpc) is 2.91. The number of hydrogen-bond donors (Lipinski definition) is 1. The number of nitrogens with zero attached hydrogens (tertiary/aromatic N) is 2. The summed E-state index contributed by atoms with van der Waals surface area (Å²) >= 11 is 0. The van der Waals surface area contributed by atoms with E-state index in [9.17, 15) is 5.11 Å². The smallest absolute Gasteiger partial charge is 0.118 e. The summed E-state index contributed by atoms with van der Waals surface area (Å²) < 4.78 is 11.0. The number of morpholine rings is 1. The quantitative estimate of drug-likeness (QED) is 0.788. The summed E-state index contributed by atoms with van der Waals surface area (Å²) in [6, 6.07) is 4.02. The molecule has 1 saturated heterocycles. The number of hydrogen-bond acceptors (Lipinski definition) is 5. The topological polar surface area (TPSA) is 49.1 Å². The van der Waals surface area contributed by atoms with Crippen LogP contribution in [0.5, 0.6) is 0 Å². The van der Waals surface area contributed by atoms with Crippen LogP contribution < -0.4 is 0 Å². The van der Waals surface area contributed by atoms with E-state index in [0.29, 0.717) is 6.54 Å². The van der Waals surface area contributed by atoms with Crippen LogP contribution in [0.4, 0.5) is 0 Å². The molecule has 1 aliphatic heterocycles. The second kappa shape index (κ2) is 8.54. The molecule has 21 heavy (non-hydrogen) atoms. The summed E-state index contributed by atoms with van der Waals surface area (Å²) in [6.07, 6.45) is 0.511. The number of furan rings is 1. The van der Waals surface area contributed by atoms with Gasteiger partial charge in [-0.15, -0.1) is 0 Å². The lowest BCUT2D eigenvalue weighted by Gasteiger charge is -2.30. The second-order valence-corrected chi connectivity index (χ2v) is 5.76. The van der Waals surface area contributed by atoms with Gasteiger partial charge in [-0.25, -0.2) is 0 Å². The summed E-state index contributed by atoms with van der Waals surface area (Å²) in [4.78, 5) is 4.70. The zero-order valence-corrected chi connectivity index (χ0v) is 13.3. The van der Waals surface area contributed by atoms with Crippen LogP contribution in [-0.2, 0) is 11.3 Å². The lowest BCUT2D eigenvalue weighted by Crippen LogP contribution is -2.42. The van der Waals surface area contributed by atoms with Crippen LogP contribution in [0.1, 0.15) is 24.9 Å². The van der Waals surface area contributed by atoms with Crippen molar-refractivity contribution in [2.75, 3.05) is 45.9 Å². The van der Waals surface area contributed by atoms with Gasteiger partial charge in [0, 0.05) is 32.7 Å². The van der Waals surface area contributed by atoms with Gasteiger partial charge < -0.3 is 14.3 Å². The predicted octanol–water partition coefficient (Wildman–Crippen LogP) is 1.49. The Labute approximate surface area is 127 Å². The van der Waals surface area contributed by atoms with Gasteiger partial charge in [0.25, 0.3) is 0 Å². The van der Waals surface area contributed by atoms with E-state index in [2.05, 4.69) is 9.80 Å². The SMILES string of the molecule is CCC(O)CN(CCN1CCOCC1)Cc1ccc(C)o1. The van der Waals surface area contributed by atoms with E-state index in [1.165, 1.54) is 0 Å². The molecule has 2 rings (SSSR count). The first-order valence-corrected chi connectivity index (χ1v) is 7.93. The minimum Gasteiger partial charge on any atom is -0.465 e. The van der Waals surface area contributed by atoms with Gasteiger partial charge in [-0.1, -0.05) is 6.92 Å². The molecule has 1 N–H and O–H groups in total. The third-order valence-corrected chi connectivity index (χ3v) is 3.95. The van der Waals surface area contributed by atoms with Crippen LogP contribution in [0.3, 0.4) is 0 Å². The Morgan fingerprint density at radius 1 is 1.33 bits per heavy atom. The van der Waals surface area contributed by atoms with E-state index < -0.39 is 0 Å². The summed E-state index contributed by atoms with van der Waals surface area (Å²) in [5, 5.41) is 9.94. The number of aliphatic hydroxyl groups excluding tert-OH is 1. The highest BCUT2D eigenvalue weighted by Gasteiger charge is 2.16. The monoisotopic (exact) mass is 296 g/mol. The van der Waals surface area contributed by atoms with Crippen LogP contribution >= 0.6 is 0 Å². The van der Waals surface area contributed by atoms with Crippen molar-refractivity contribution in [1.29, 1.82) is 0 Å². The molecule has 0 amide bonds. The Morgan fingerprint density at radius 2 is 2.10 bits per heavy atom. The average molecular weight is 296 g/mol. The molecular weight excluding hydrogens is 268 g/mol. The zero-order valence-electron chi connectivity index (χ0n) is 13.3. The molecule has 1 aromatic rings. The molecule has 1 aliphatic rings. The number of ether oxygens (including phenoxy) is 1. The van der Waals surface area contributed by atoms with Gasteiger partial charge in [-0.2, -0.15) is 0 Å². The number of aryl methyl sites for hydroxylation is 1. The Kier molecular flexibility index (Phi) is 6.70. The Balaban J connectivity index is 1.84. The number of aliphatic hydroxyl groups is 1. The van der Waals surface area contributed by atoms with Crippen molar-refractivity contribution in [2.24, 2.45) is 0 Å². The molecule has 0 spiro atoms. The van der Waals surface area contributed by atoms with Gasteiger partial charge in [-0.3, -0.25) is 9.80 Å². The molecule has 1 aromatic heterocycles. The first-order valence-electron chi connectivity index (χ1n) is 7.93. The van der Waals surface area contributed by atoms with E-state index in [0.717, 1.165) is 63.9 Å². The molecule has 120 valence electrons. The van der Waals surface area contributed by atoms with E-state index in [4.69, 9.17) is 9.15 Å². The molecule has 0 saturated carbocycles. The van der Waals surface area contributed by atoms with Crippen molar-refractivity contribution in [1.82, 2.24) is 9.80 Å². The van der Waals surface area contributed by atoms with Crippen LogP contribution in [0.2, 0.25) is 0 Å². The highest BCUT2D eigenvalue weighted by atomic mass is 16.5. The van der Waals surface area contributed by atoms with E-state index in [-0.39, 0.29) is 6.10 Å². The van der Waals surface area contributed by atoms with Gasteiger partial charge >= 0.3 is 0 Å². The molecule has 0 radical (unpaired) electrons. The first kappa shape index (κ1) is 16.5. The lowest BCUT2D eigenvalue weighted by molar-refractivity contribution is 0.0283. The summed E-state index contributed by atoms with van der Waals surface area (Å²) in [7, 11) is 0. The first-order chi connectivity index (χ1) is 10.2. The Hall–Kier alpha value is -0.880. The fraction of sp³-hybridized carbons (Fsp3) is 0.750. The zero-order chi connectivity index (χ0) is 15.1. The molecule has 0 aromatic carbocycles. The van der Waals surface area contributed by atoms with Gasteiger partial charge in [0.15, 0.2) is 0 Å². The third kappa shape index (κ3) is 5.79. The van der Waals surface area contributed by atoms with Crippen molar-refractivity contribution in [3.8, 4) is 0 Å². The molecule has 1 fully saturated rings. The normalized spacial score (nSPS) is 18.3. The van der Waals surface area contributed by atoms with Crippen molar-refractivity contribution in [3.63, 3.8) is 0 Å². The lowest BCUT2D eigenvalue weighted by atomic mass is 10.2.